The zero-order valence-electron chi connectivity index (χ0n) is 13.9. The van der Waals surface area contributed by atoms with Crippen LogP contribution in [-0.2, 0) is 17.6 Å². The van der Waals surface area contributed by atoms with Crippen LogP contribution in [-0.4, -0.2) is 35.5 Å². The predicted octanol–water partition coefficient (Wildman–Crippen LogP) is 2.37. The van der Waals surface area contributed by atoms with Gasteiger partial charge in [0.1, 0.15) is 5.82 Å². The normalized spacial score (nSPS) is 13.9. The summed E-state index contributed by atoms with van der Waals surface area (Å²) in [6.45, 7) is 2.84. The SMILES string of the molecule is O=C(CCc1ccnc(N2CCCC2)c1)NCCc1ccncc1. The molecule has 5 heteroatoms. The Morgan fingerprint density at radius 2 is 1.79 bits per heavy atom. The lowest BCUT2D eigenvalue weighted by molar-refractivity contribution is -0.121. The molecule has 5 nitrogen and oxygen atoms in total. The number of rotatable bonds is 7. The molecule has 126 valence electrons. The Bertz CT molecular complexity index is 653. The summed E-state index contributed by atoms with van der Waals surface area (Å²) in [5.74, 6) is 1.15. The molecular formula is C19H24N4O. The lowest BCUT2D eigenvalue weighted by Gasteiger charge is -2.16. The number of anilines is 1. The second-order valence-corrected chi connectivity index (χ2v) is 6.17. The lowest BCUT2D eigenvalue weighted by atomic mass is 10.1. The third-order valence-electron chi connectivity index (χ3n) is 4.37. The number of carbonyl (C=O) groups is 1. The van der Waals surface area contributed by atoms with E-state index in [1.165, 1.54) is 24.0 Å². The molecule has 1 N–H and O–H groups in total. The third kappa shape index (κ3) is 4.78. The fourth-order valence-corrected chi connectivity index (χ4v) is 2.98. The molecule has 0 unspecified atom stereocenters. The fourth-order valence-electron chi connectivity index (χ4n) is 2.98. The summed E-state index contributed by atoms with van der Waals surface area (Å²) in [5.41, 5.74) is 2.37. The summed E-state index contributed by atoms with van der Waals surface area (Å²) >= 11 is 0. The van der Waals surface area contributed by atoms with Crippen molar-refractivity contribution >= 4 is 11.7 Å². The highest BCUT2D eigenvalue weighted by molar-refractivity contribution is 5.76. The van der Waals surface area contributed by atoms with Crippen molar-refractivity contribution < 1.29 is 4.79 Å². The highest BCUT2D eigenvalue weighted by atomic mass is 16.1. The van der Waals surface area contributed by atoms with Crippen LogP contribution in [0.15, 0.2) is 42.9 Å². The topological polar surface area (TPSA) is 58.1 Å². The molecule has 1 aliphatic rings. The Kier molecular flexibility index (Phi) is 5.77. The second kappa shape index (κ2) is 8.43. The number of aromatic nitrogens is 2. The Morgan fingerprint density at radius 3 is 2.58 bits per heavy atom. The zero-order valence-corrected chi connectivity index (χ0v) is 13.9. The summed E-state index contributed by atoms with van der Waals surface area (Å²) in [5, 5.41) is 2.99. The number of pyridine rings is 2. The average Bonchev–Trinajstić information content (AvgIpc) is 3.16. The van der Waals surface area contributed by atoms with Crippen molar-refractivity contribution in [2.24, 2.45) is 0 Å². The number of nitrogens with zero attached hydrogens (tertiary/aromatic N) is 3. The minimum atomic E-state index is 0.101. The Morgan fingerprint density at radius 1 is 1.04 bits per heavy atom. The Balaban J connectivity index is 1.42. The van der Waals surface area contributed by atoms with E-state index in [1.54, 1.807) is 12.4 Å². The molecule has 2 aromatic rings. The van der Waals surface area contributed by atoms with Crippen molar-refractivity contribution in [1.29, 1.82) is 0 Å². The van der Waals surface area contributed by atoms with Gasteiger partial charge in [-0.05, 0) is 61.1 Å². The van der Waals surface area contributed by atoms with Gasteiger partial charge < -0.3 is 10.2 Å². The number of carbonyl (C=O) groups excluding carboxylic acids is 1. The van der Waals surface area contributed by atoms with Crippen molar-refractivity contribution in [2.45, 2.75) is 32.1 Å². The van der Waals surface area contributed by atoms with Crippen LogP contribution in [0.2, 0.25) is 0 Å². The number of aryl methyl sites for hydroxylation is 1. The molecule has 1 amide bonds. The van der Waals surface area contributed by atoms with Gasteiger partial charge in [0, 0.05) is 44.6 Å². The molecule has 0 atom stereocenters. The van der Waals surface area contributed by atoms with E-state index in [-0.39, 0.29) is 5.91 Å². The number of hydrogen-bond donors (Lipinski definition) is 1. The number of amides is 1. The Hall–Kier alpha value is -2.43. The van der Waals surface area contributed by atoms with Gasteiger partial charge in [0.15, 0.2) is 0 Å². The van der Waals surface area contributed by atoms with Crippen molar-refractivity contribution in [3.05, 3.63) is 54.0 Å². The Labute approximate surface area is 143 Å². The van der Waals surface area contributed by atoms with Crippen LogP contribution >= 0.6 is 0 Å². The van der Waals surface area contributed by atoms with Gasteiger partial charge >= 0.3 is 0 Å². The maximum atomic E-state index is 12.0. The number of hydrogen-bond acceptors (Lipinski definition) is 4. The van der Waals surface area contributed by atoms with Crippen LogP contribution in [0, 0.1) is 0 Å². The molecule has 0 bridgehead atoms. The van der Waals surface area contributed by atoms with Crippen LogP contribution in [0.25, 0.3) is 0 Å². The fraction of sp³-hybridized carbons (Fsp3) is 0.421. The van der Waals surface area contributed by atoms with E-state index in [0.717, 1.165) is 31.7 Å². The molecule has 3 heterocycles. The molecule has 1 aliphatic heterocycles. The molecule has 2 aromatic heterocycles. The van der Waals surface area contributed by atoms with Crippen LogP contribution in [0.4, 0.5) is 5.82 Å². The summed E-state index contributed by atoms with van der Waals surface area (Å²) in [4.78, 5) is 22.8. The van der Waals surface area contributed by atoms with Gasteiger partial charge in [-0.15, -0.1) is 0 Å². The molecule has 0 spiro atoms. The first-order valence-electron chi connectivity index (χ1n) is 8.67. The molecule has 3 rings (SSSR count). The predicted molar refractivity (Wildman–Crippen MR) is 95.0 cm³/mol. The summed E-state index contributed by atoms with van der Waals surface area (Å²) in [6.07, 6.45) is 9.99. The molecule has 1 fully saturated rings. The smallest absolute Gasteiger partial charge is 0.220 e. The van der Waals surface area contributed by atoms with Crippen molar-refractivity contribution in [2.75, 3.05) is 24.5 Å². The van der Waals surface area contributed by atoms with Crippen molar-refractivity contribution in [3.8, 4) is 0 Å². The summed E-state index contributed by atoms with van der Waals surface area (Å²) in [6, 6.07) is 8.07. The minimum absolute atomic E-state index is 0.101. The average molecular weight is 324 g/mol. The quantitative estimate of drug-likeness (QED) is 0.849. The van der Waals surface area contributed by atoms with Crippen molar-refractivity contribution in [3.63, 3.8) is 0 Å². The van der Waals surface area contributed by atoms with E-state index in [1.807, 2.05) is 24.4 Å². The van der Waals surface area contributed by atoms with Crippen LogP contribution in [0.1, 0.15) is 30.4 Å². The van der Waals surface area contributed by atoms with E-state index in [4.69, 9.17) is 0 Å². The van der Waals surface area contributed by atoms with E-state index in [2.05, 4.69) is 26.3 Å². The van der Waals surface area contributed by atoms with Crippen LogP contribution < -0.4 is 10.2 Å². The first kappa shape index (κ1) is 16.4. The van der Waals surface area contributed by atoms with Crippen molar-refractivity contribution in [1.82, 2.24) is 15.3 Å². The second-order valence-electron chi connectivity index (χ2n) is 6.17. The van der Waals surface area contributed by atoms with Crippen LogP contribution in [0.5, 0.6) is 0 Å². The van der Waals surface area contributed by atoms with Gasteiger partial charge in [-0.2, -0.15) is 0 Å². The van der Waals surface area contributed by atoms with Gasteiger partial charge in [0.05, 0.1) is 0 Å². The minimum Gasteiger partial charge on any atom is -0.357 e. The molecule has 0 saturated carbocycles. The van der Waals surface area contributed by atoms with E-state index in [0.29, 0.717) is 13.0 Å². The van der Waals surface area contributed by atoms with E-state index >= 15 is 0 Å². The summed E-state index contributed by atoms with van der Waals surface area (Å²) in [7, 11) is 0. The summed E-state index contributed by atoms with van der Waals surface area (Å²) < 4.78 is 0. The first-order valence-corrected chi connectivity index (χ1v) is 8.67. The van der Waals surface area contributed by atoms with Crippen LogP contribution in [0.3, 0.4) is 0 Å². The molecule has 1 saturated heterocycles. The first-order chi connectivity index (χ1) is 11.8. The van der Waals surface area contributed by atoms with Gasteiger partial charge in [-0.25, -0.2) is 4.98 Å². The highest BCUT2D eigenvalue weighted by Crippen LogP contribution is 2.19. The largest absolute Gasteiger partial charge is 0.357 e. The van der Waals surface area contributed by atoms with E-state index < -0.39 is 0 Å². The molecular weight excluding hydrogens is 300 g/mol. The molecule has 24 heavy (non-hydrogen) atoms. The van der Waals surface area contributed by atoms with Gasteiger partial charge in [-0.1, -0.05) is 0 Å². The van der Waals surface area contributed by atoms with Gasteiger partial charge in [-0.3, -0.25) is 9.78 Å². The van der Waals surface area contributed by atoms with Gasteiger partial charge in [0.25, 0.3) is 0 Å². The standard InChI is InChI=1S/C19H24N4O/c24-19(22-12-7-16-5-9-20-10-6-16)4-3-17-8-11-21-18(15-17)23-13-1-2-14-23/h5-6,8-11,15H,1-4,7,12-14H2,(H,22,24). The molecule has 0 aromatic carbocycles. The third-order valence-corrected chi connectivity index (χ3v) is 4.37. The van der Waals surface area contributed by atoms with E-state index in [9.17, 15) is 4.79 Å². The molecule has 0 radical (unpaired) electrons. The molecule has 0 aliphatic carbocycles. The highest BCUT2D eigenvalue weighted by Gasteiger charge is 2.13. The maximum absolute atomic E-state index is 12.0. The number of nitrogens with one attached hydrogen (secondary N) is 1. The van der Waals surface area contributed by atoms with Gasteiger partial charge in [0.2, 0.25) is 5.91 Å². The lowest BCUT2D eigenvalue weighted by Crippen LogP contribution is -2.26. The zero-order chi connectivity index (χ0) is 16.6. The monoisotopic (exact) mass is 324 g/mol. The maximum Gasteiger partial charge on any atom is 0.220 e.